The lowest BCUT2D eigenvalue weighted by Crippen LogP contribution is -2.49. The van der Waals surface area contributed by atoms with Gasteiger partial charge in [-0.1, -0.05) is 30.3 Å². The van der Waals surface area contributed by atoms with Crippen LogP contribution in [0.5, 0.6) is 5.75 Å². The molecule has 0 amide bonds. The normalized spacial score (nSPS) is 16.6. The quantitative estimate of drug-likeness (QED) is 0.788. The molecule has 3 N–H and O–H groups in total. The van der Waals surface area contributed by atoms with Crippen LogP contribution in [-0.4, -0.2) is 55.4 Å². The molecular formula is C20H27N3O2. The van der Waals surface area contributed by atoms with Gasteiger partial charge in [0, 0.05) is 38.4 Å². The molecule has 1 aliphatic heterocycles. The summed E-state index contributed by atoms with van der Waals surface area (Å²) >= 11 is 0. The summed E-state index contributed by atoms with van der Waals surface area (Å²) in [5.41, 5.74) is 9.07. The van der Waals surface area contributed by atoms with E-state index in [1.165, 1.54) is 11.3 Å². The molecule has 1 unspecified atom stereocenters. The van der Waals surface area contributed by atoms with E-state index in [2.05, 4.69) is 41.0 Å². The number of hydrogen-bond acceptors (Lipinski definition) is 5. The van der Waals surface area contributed by atoms with E-state index in [0.29, 0.717) is 18.0 Å². The van der Waals surface area contributed by atoms with Crippen molar-refractivity contribution >= 4 is 11.4 Å². The molecule has 0 aliphatic carbocycles. The number of β-amino-alcohol motifs (C(OH)–C–C–N with tert-alkyl or cyclic N) is 1. The third kappa shape index (κ3) is 4.65. The Morgan fingerprint density at radius 2 is 1.72 bits per heavy atom. The fourth-order valence-corrected chi connectivity index (χ4v) is 3.24. The first-order valence-electron chi connectivity index (χ1n) is 8.82. The van der Waals surface area contributed by atoms with Gasteiger partial charge in [-0.2, -0.15) is 0 Å². The Morgan fingerprint density at radius 1 is 1.04 bits per heavy atom. The standard InChI is InChI=1S/C20H27N3O2/c1-16-6-2-4-8-19(16)23-12-10-22(11-13-23)14-17(24)15-25-20-9-5-3-7-18(20)21/h2-9,17,24H,10-15,21H2,1H3. The van der Waals surface area contributed by atoms with E-state index < -0.39 is 6.10 Å². The molecule has 0 spiro atoms. The minimum atomic E-state index is -0.524. The van der Waals surface area contributed by atoms with Crippen molar-refractivity contribution in [2.24, 2.45) is 0 Å². The average Bonchev–Trinajstić information content (AvgIpc) is 2.62. The van der Waals surface area contributed by atoms with Crippen LogP contribution < -0.4 is 15.4 Å². The fourth-order valence-electron chi connectivity index (χ4n) is 3.24. The fraction of sp³-hybridized carbons (Fsp3) is 0.400. The van der Waals surface area contributed by atoms with Crippen molar-refractivity contribution in [1.29, 1.82) is 0 Å². The number of ether oxygens (including phenoxy) is 1. The molecule has 1 fully saturated rings. The van der Waals surface area contributed by atoms with E-state index in [1.54, 1.807) is 6.07 Å². The number of nitrogen functional groups attached to an aromatic ring is 1. The SMILES string of the molecule is Cc1ccccc1N1CCN(CC(O)COc2ccccc2N)CC1. The second-order valence-corrected chi connectivity index (χ2v) is 6.58. The zero-order chi connectivity index (χ0) is 17.6. The monoisotopic (exact) mass is 341 g/mol. The molecule has 5 nitrogen and oxygen atoms in total. The number of anilines is 2. The van der Waals surface area contributed by atoms with Crippen molar-refractivity contribution in [2.45, 2.75) is 13.0 Å². The largest absolute Gasteiger partial charge is 0.489 e. The molecule has 2 aromatic carbocycles. The first-order valence-corrected chi connectivity index (χ1v) is 8.82. The summed E-state index contributed by atoms with van der Waals surface area (Å²) < 4.78 is 5.63. The van der Waals surface area contributed by atoms with Gasteiger partial charge in [-0.25, -0.2) is 0 Å². The summed E-state index contributed by atoms with van der Waals surface area (Å²) in [7, 11) is 0. The van der Waals surface area contributed by atoms with Crippen LogP contribution >= 0.6 is 0 Å². The van der Waals surface area contributed by atoms with E-state index in [4.69, 9.17) is 10.5 Å². The topological polar surface area (TPSA) is 62.0 Å². The highest BCUT2D eigenvalue weighted by molar-refractivity contribution is 5.53. The maximum atomic E-state index is 10.3. The molecule has 25 heavy (non-hydrogen) atoms. The van der Waals surface area contributed by atoms with Crippen LogP contribution in [0.2, 0.25) is 0 Å². The van der Waals surface area contributed by atoms with Crippen LogP contribution in [0.15, 0.2) is 48.5 Å². The number of piperazine rings is 1. The van der Waals surface area contributed by atoms with Crippen LogP contribution in [-0.2, 0) is 0 Å². The third-order valence-electron chi connectivity index (χ3n) is 4.65. The zero-order valence-electron chi connectivity index (χ0n) is 14.8. The summed E-state index contributed by atoms with van der Waals surface area (Å²) in [5, 5.41) is 10.3. The minimum Gasteiger partial charge on any atom is -0.489 e. The second kappa shape index (κ2) is 8.23. The lowest BCUT2D eigenvalue weighted by Gasteiger charge is -2.37. The third-order valence-corrected chi connectivity index (χ3v) is 4.65. The van der Waals surface area contributed by atoms with E-state index in [9.17, 15) is 5.11 Å². The Labute approximate surface area is 149 Å². The first kappa shape index (κ1) is 17.6. The molecule has 2 aromatic rings. The van der Waals surface area contributed by atoms with Gasteiger partial charge in [-0.3, -0.25) is 4.90 Å². The van der Waals surface area contributed by atoms with Crippen LogP contribution in [0.25, 0.3) is 0 Å². The molecule has 3 rings (SSSR count). The molecule has 0 saturated carbocycles. The van der Waals surface area contributed by atoms with Crippen LogP contribution in [0.1, 0.15) is 5.56 Å². The summed E-state index contributed by atoms with van der Waals surface area (Å²) in [6.07, 6.45) is -0.524. The van der Waals surface area contributed by atoms with Crippen LogP contribution in [0.4, 0.5) is 11.4 Å². The van der Waals surface area contributed by atoms with Gasteiger partial charge in [0.1, 0.15) is 18.5 Å². The summed E-state index contributed by atoms with van der Waals surface area (Å²) in [4.78, 5) is 4.70. The molecule has 5 heteroatoms. The van der Waals surface area contributed by atoms with Gasteiger partial charge in [0.05, 0.1) is 5.69 Å². The van der Waals surface area contributed by atoms with Crippen molar-refractivity contribution < 1.29 is 9.84 Å². The van der Waals surface area contributed by atoms with Crippen molar-refractivity contribution in [1.82, 2.24) is 4.90 Å². The second-order valence-electron chi connectivity index (χ2n) is 6.58. The zero-order valence-corrected chi connectivity index (χ0v) is 14.8. The molecule has 1 aliphatic rings. The Hall–Kier alpha value is -2.24. The number of benzene rings is 2. The van der Waals surface area contributed by atoms with Gasteiger partial charge in [-0.15, -0.1) is 0 Å². The number of aliphatic hydroxyl groups excluding tert-OH is 1. The maximum Gasteiger partial charge on any atom is 0.142 e. The highest BCUT2D eigenvalue weighted by Gasteiger charge is 2.20. The summed E-state index contributed by atoms with van der Waals surface area (Å²) in [6, 6.07) is 15.9. The van der Waals surface area contributed by atoms with Gasteiger partial charge in [0.15, 0.2) is 0 Å². The molecule has 0 bridgehead atoms. The molecule has 1 saturated heterocycles. The molecule has 1 atom stereocenters. The number of nitrogens with two attached hydrogens (primary N) is 1. The van der Waals surface area contributed by atoms with Crippen molar-refractivity contribution in [3.63, 3.8) is 0 Å². The smallest absolute Gasteiger partial charge is 0.142 e. The van der Waals surface area contributed by atoms with Gasteiger partial charge in [-0.05, 0) is 30.7 Å². The Kier molecular flexibility index (Phi) is 5.79. The predicted molar refractivity (Wildman–Crippen MR) is 102 cm³/mol. The minimum absolute atomic E-state index is 0.256. The number of rotatable bonds is 6. The average molecular weight is 341 g/mol. The van der Waals surface area contributed by atoms with Gasteiger partial charge < -0.3 is 20.5 Å². The molecule has 134 valence electrons. The van der Waals surface area contributed by atoms with Gasteiger partial charge in [0.25, 0.3) is 0 Å². The van der Waals surface area contributed by atoms with Gasteiger partial charge >= 0.3 is 0 Å². The van der Waals surface area contributed by atoms with E-state index in [-0.39, 0.29) is 6.61 Å². The number of aryl methyl sites for hydroxylation is 1. The number of hydrogen-bond donors (Lipinski definition) is 2. The van der Waals surface area contributed by atoms with Gasteiger partial charge in [0.2, 0.25) is 0 Å². The highest BCUT2D eigenvalue weighted by Crippen LogP contribution is 2.21. The number of aliphatic hydroxyl groups is 1. The van der Waals surface area contributed by atoms with Crippen LogP contribution in [0, 0.1) is 6.92 Å². The Bertz CT molecular complexity index is 684. The Balaban J connectivity index is 1.44. The van der Waals surface area contributed by atoms with E-state index >= 15 is 0 Å². The molecule has 0 aromatic heterocycles. The highest BCUT2D eigenvalue weighted by atomic mass is 16.5. The lowest BCUT2D eigenvalue weighted by atomic mass is 10.1. The number of nitrogens with zero attached hydrogens (tertiary/aromatic N) is 2. The van der Waals surface area contributed by atoms with E-state index in [0.717, 1.165) is 26.2 Å². The molecule has 0 radical (unpaired) electrons. The lowest BCUT2D eigenvalue weighted by molar-refractivity contribution is 0.0665. The van der Waals surface area contributed by atoms with Crippen LogP contribution in [0.3, 0.4) is 0 Å². The van der Waals surface area contributed by atoms with E-state index in [1.807, 2.05) is 18.2 Å². The summed E-state index contributed by atoms with van der Waals surface area (Å²) in [6.45, 7) is 6.87. The molecule has 1 heterocycles. The van der Waals surface area contributed by atoms with Crippen molar-refractivity contribution in [2.75, 3.05) is 50.0 Å². The number of para-hydroxylation sites is 3. The van der Waals surface area contributed by atoms with Crippen molar-refractivity contribution in [3.8, 4) is 5.75 Å². The van der Waals surface area contributed by atoms with Crippen molar-refractivity contribution in [3.05, 3.63) is 54.1 Å². The Morgan fingerprint density at radius 3 is 2.44 bits per heavy atom. The predicted octanol–water partition coefficient (Wildman–Crippen LogP) is 2.14. The molecular weight excluding hydrogens is 314 g/mol. The summed E-state index contributed by atoms with van der Waals surface area (Å²) in [5.74, 6) is 0.630. The first-order chi connectivity index (χ1) is 12.1. The maximum absolute atomic E-state index is 10.3.